The molecule has 0 saturated carbocycles. The van der Waals surface area contributed by atoms with Crippen molar-refractivity contribution in [3.05, 3.63) is 29.6 Å². The molecule has 1 aromatic heterocycles. The van der Waals surface area contributed by atoms with Crippen molar-refractivity contribution in [2.75, 3.05) is 0 Å². The molecule has 0 bridgehead atoms. The van der Waals surface area contributed by atoms with Crippen molar-refractivity contribution >= 4 is 11.6 Å². The Balaban J connectivity index is 2.94. The Labute approximate surface area is 78.8 Å². The summed E-state index contributed by atoms with van der Waals surface area (Å²) in [4.78, 5) is 4.31. The molecule has 0 aliphatic carbocycles. The number of alkyl halides is 1. The lowest BCUT2D eigenvalue weighted by Crippen LogP contribution is -2.08. The number of nitrogens with zero attached hydrogens (tertiary/aromatic N) is 1. The topological polar surface area (TPSA) is 12.9 Å². The van der Waals surface area contributed by atoms with E-state index >= 15 is 0 Å². The molecule has 0 N–H and O–H groups in total. The maximum Gasteiger partial charge on any atom is 0.0475 e. The number of rotatable bonds is 2. The largest absolute Gasteiger partial charge is 0.261 e. The highest BCUT2D eigenvalue weighted by Gasteiger charge is 2.14. The van der Waals surface area contributed by atoms with Crippen molar-refractivity contribution in [3.8, 4) is 0 Å². The van der Waals surface area contributed by atoms with Crippen LogP contribution in [0.3, 0.4) is 0 Å². The van der Waals surface area contributed by atoms with Gasteiger partial charge in [-0.2, -0.15) is 0 Å². The summed E-state index contributed by atoms with van der Waals surface area (Å²) in [6.07, 6.45) is 1.82. The standard InChI is InChI=1S/C10H14ClN/c1-7-5-4-6-12-10(7)8(2)9(3)11/h4-6,8-9H,1-3H3. The van der Waals surface area contributed by atoms with E-state index in [1.54, 1.807) is 0 Å². The second kappa shape index (κ2) is 3.90. The van der Waals surface area contributed by atoms with E-state index in [1.807, 2.05) is 19.2 Å². The molecule has 1 heterocycles. The quantitative estimate of drug-likeness (QED) is 0.642. The third-order valence-corrected chi connectivity index (χ3v) is 2.55. The van der Waals surface area contributed by atoms with Crippen LogP contribution in [-0.2, 0) is 0 Å². The zero-order chi connectivity index (χ0) is 9.14. The lowest BCUT2D eigenvalue weighted by Gasteiger charge is -2.14. The smallest absolute Gasteiger partial charge is 0.0475 e. The second-order valence-electron chi connectivity index (χ2n) is 3.17. The summed E-state index contributed by atoms with van der Waals surface area (Å²) in [5.41, 5.74) is 2.33. The van der Waals surface area contributed by atoms with Gasteiger partial charge in [-0.3, -0.25) is 4.98 Å². The van der Waals surface area contributed by atoms with E-state index < -0.39 is 0 Å². The van der Waals surface area contributed by atoms with E-state index in [2.05, 4.69) is 24.9 Å². The van der Waals surface area contributed by atoms with Gasteiger partial charge in [0.15, 0.2) is 0 Å². The molecule has 2 heteroatoms. The Kier molecular flexibility index (Phi) is 3.10. The number of halogens is 1. The van der Waals surface area contributed by atoms with Crippen LogP contribution in [0.4, 0.5) is 0 Å². The van der Waals surface area contributed by atoms with Crippen LogP contribution >= 0.6 is 11.6 Å². The van der Waals surface area contributed by atoms with Crippen LogP contribution in [-0.4, -0.2) is 10.4 Å². The molecule has 0 fully saturated rings. The van der Waals surface area contributed by atoms with Crippen LogP contribution in [0.2, 0.25) is 0 Å². The van der Waals surface area contributed by atoms with Crippen LogP contribution < -0.4 is 0 Å². The molecule has 0 aromatic carbocycles. The molecule has 2 atom stereocenters. The Morgan fingerprint density at radius 1 is 1.42 bits per heavy atom. The molecule has 12 heavy (non-hydrogen) atoms. The van der Waals surface area contributed by atoms with Gasteiger partial charge in [0.05, 0.1) is 0 Å². The minimum Gasteiger partial charge on any atom is -0.261 e. The fourth-order valence-corrected chi connectivity index (χ4v) is 1.31. The minimum absolute atomic E-state index is 0.138. The molecule has 0 amide bonds. The molecule has 0 aliphatic rings. The number of hydrogen-bond acceptors (Lipinski definition) is 1. The number of aryl methyl sites for hydroxylation is 1. The first-order chi connectivity index (χ1) is 5.63. The van der Waals surface area contributed by atoms with Crippen molar-refractivity contribution < 1.29 is 0 Å². The molecule has 66 valence electrons. The maximum atomic E-state index is 5.99. The molecule has 1 aromatic rings. The third kappa shape index (κ3) is 1.98. The monoisotopic (exact) mass is 183 g/mol. The normalized spacial score (nSPS) is 15.7. The molecule has 0 saturated heterocycles. The van der Waals surface area contributed by atoms with Gasteiger partial charge in [-0.1, -0.05) is 13.0 Å². The first-order valence-electron chi connectivity index (χ1n) is 4.18. The van der Waals surface area contributed by atoms with Gasteiger partial charge in [0.2, 0.25) is 0 Å². The highest BCUT2D eigenvalue weighted by molar-refractivity contribution is 6.20. The van der Waals surface area contributed by atoms with Crippen LogP contribution in [0.1, 0.15) is 31.0 Å². The Bertz CT molecular complexity index is 258. The lowest BCUT2D eigenvalue weighted by atomic mass is 10.00. The summed E-state index contributed by atoms with van der Waals surface area (Å²) in [6, 6.07) is 4.02. The molecular formula is C10H14ClN. The number of hydrogen-bond donors (Lipinski definition) is 0. The number of aromatic nitrogens is 1. The van der Waals surface area contributed by atoms with Crippen LogP contribution in [0, 0.1) is 6.92 Å². The van der Waals surface area contributed by atoms with E-state index in [-0.39, 0.29) is 5.38 Å². The summed E-state index contributed by atoms with van der Waals surface area (Å²) in [5.74, 6) is 0.327. The third-order valence-electron chi connectivity index (χ3n) is 2.17. The first-order valence-corrected chi connectivity index (χ1v) is 4.62. The predicted molar refractivity (Wildman–Crippen MR) is 52.7 cm³/mol. The van der Waals surface area contributed by atoms with Crippen LogP contribution in [0.5, 0.6) is 0 Å². The Morgan fingerprint density at radius 2 is 2.08 bits per heavy atom. The van der Waals surface area contributed by atoms with Crippen LogP contribution in [0.15, 0.2) is 18.3 Å². The van der Waals surface area contributed by atoms with Crippen molar-refractivity contribution in [2.45, 2.75) is 32.1 Å². The Morgan fingerprint density at radius 3 is 2.58 bits per heavy atom. The van der Waals surface area contributed by atoms with E-state index in [4.69, 9.17) is 11.6 Å². The average molecular weight is 184 g/mol. The van der Waals surface area contributed by atoms with Gasteiger partial charge < -0.3 is 0 Å². The molecule has 1 rings (SSSR count). The van der Waals surface area contributed by atoms with Gasteiger partial charge in [-0.25, -0.2) is 0 Å². The summed E-state index contributed by atoms with van der Waals surface area (Å²) < 4.78 is 0. The van der Waals surface area contributed by atoms with Gasteiger partial charge in [-0.05, 0) is 25.5 Å². The lowest BCUT2D eigenvalue weighted by molar-refractivity contribution is 0.710. The van der Waals surface area contributed by atoms with Crippen molar-refractivity contribution in [1.29, 1.82) is 0 Å². The Hall–Kier alpha value is -0.560. The first kappa shape index (κ1) is 9.53. The van der Waals surface area contributed by atoms with E-state index in [0.717, 1.165) is 5.69 Å². The van der Waals surface area contributed by atoms with Crippen molar-refractivity contribution in [3.63, 3.8) is 0 Å². The fourth-order valence-electron chi connectivity index (χ4n) is 1.19. The molecule has 0 spiro atoms. The summed E-state index contributed by atoms with van der Waals surface area (Å²) >= 11 is 5.99. The summed E-state index contributed by atoms with van der Waals surface area (Å²) in [7, 11) is 0. The molecule has 2 unspecified atom stereocenters. The average Bonchev–Trinajstić information content (AvgIpc) is 2.04. The summed E-state index contributed by atoms with van der Waals surface area (Å²) in [6.45, 7) is 6.17. The van der Waals surface area contributed by atoms with Crippen LogP contribution in [0.25, 0.3) is 0 Å². The predicted octanol–water partition coefficient (Wildman–Crippen LogP) is 3.12. The van der Waals surface area contributed by atoms with E-state index in [1.165, 1.54) is 5.56 Å². The fraction of sp³-hybridized carbons (Fsp3) is 0.500. The summed E-state index contributed by atoms with van der Waals surface area (Å²) in [5, 5.41) is 0.138. The van der Waals surface area contributed by atoms with Gasteiger partial charge in [0.1, 0.15) is 0 Å². The van der Waals surface area contributed by atoms with Crippen molar-refractivity contribution in [1.82, 2.24) is 4.98 Å². The molecule has 1 nitrogen and oxygen atoms in total. The van der Waals surface area contributed by atoms with Gasteiger partial charge in [0.25, 0.3) is 0 Å². The van der Waals surface area contributed by atoms with Gasteiger partial charge >= 0.3 is 0 Å². The van der Waals surface area contributed by atoms with Crippen molar-refractivity contribution in [2.24, 2.45) is 0 Å². The zero-order valence-electron chi connectivity index (χ0n) is 7.71. The van der Waals surface area contributed by atoms with E-state index in [9.17, 15) is 0 Å². The van der Waals surface area contributed by atoms with E-state index in [0.29, 0.717) is 5.92 Å². The SMILES string of the molecule is Cc1cccnc1C(C)C(C)Cl. The minimum atomic E-state index is 0.138. The molecule has 0 radical (unpaired) electrons. The maximum absolute atomic E-state index is 5.99. The highest BCUT2D eigenvalue weighted by atomic mass is 35.5. The van der Waals surface area contributed by atoms with Gasteiger partial charge in [0, 0.05) is 23.2 Å². The number of pyridine rings is 1. The second-order valence-corrected chi connectivity index (χ2v) is 3.86. The molecule has 0 aliphatic heterocycles. The van der Waals surface area contributed by atoms with Gasteiger partial charge in [-0.15, -0.1) is 11.6 Å². The zero-order valence-corrected chi connectivity index (χ0v) is 8.47. The highest BCUT2D eigenvalue weighted by Crippen LogP contribution is 2.23. The molecular weight excluding hydrogens is 170 g/mol.